The summed E-state index contributed by atoms with van der Waals surface area (Å²) in [6, 6.07) is 6.76. The monoisotopic (exact) mass is 501 g/mol. The van der Waals surface area contributed by atoms with Crippen molar-refractivity contribution in [1.29, 1.82) is 0 Å². The first-order valence-electron chi connectivity index (χ1n) is 12.3. The van der Waals surface area contributed by atoms with Gasteiger partial charge in [0.1, 0.15) is 0 Å². The summed E-state index contributed by atoms with van der Waals surface area (Å²) in [5, 5.41) is 2.94. The number of urea groups is 1. The highest BCUT2D eigenvalue weighted by Crippen LogP contribution is 2.32. The molecule has 1 saturated heterocycles. The van der Waals surface area contributed by atoms with Crippen LogP contribution in [0.25, 0.3) is 16.9 Å². The van der Waals surface area contributed by atoms with Crippen molar-refractivity contribution in [3.8, 4) is 17.1 Å². The summed E-state index contributed by atoms with van der Waals surface area (Å²) in [5.41, 5.74) is 3.13. The van der Waals surface area contributed by atoms with Gasteiger partial charge >= 0.3 is 6.03 Å². The van der Waals surface area contributed by atoms with Crippen molar-refractivity contribution in [3.63, 3.8) is 0 Å². The highest BCUT2D eigenvalue weighted by molar-refractivity contribution is 5.75. The summed E-state index contributed by atoms with van der Waals surface area (Å²) < 4.78 is 40.7. The second-order valence-electron chi connectivity index (χ2n) is 9.06. The zero-order chi connectivity index (χ0) is 25.9. The Kier molecular flexibility index (Phi) is 7.73. The van der Waals surface area contributed by atoms with E-state index in [1.54, 1.807) is 18.2 Å². The van der Waals surface area contributed by atoms with E-state index >= 15 is 0 Å². The Balaban J connectivity index is 1.53. The van der Waals surface area contributed by atoms with Crippen molar-refractivity contribution >= 4 is 11.7 Å². The summed E-state index contributed by atoms with van der Waals surface area (Å²) in [5.74, 6) is -2.35. The topological polar surface area (TPSA) is 81.0 Å². The highest BCUT2D eigenvalue weighted by atomic mass is 19.3. The van der Waals surface area contributed by atoms with Crippen molar-refractivity contribution < 1.29 is 23.0 Å². The lowest BCUT2D eigenvalue weighted by Crippen LogP contribution is -2.52. The number of methoxy groups -OCH3 is 1. The fraction of sp³-hybridized carbons (Fsp3) is 0.500. The smallest absolute Gasteiger partial charge is 0.318 e. The van der Waals surface area contributed by atoms with Crippen LogP contribution in [0, 0.1) is 0 Å². The van der Waals surface area contributed by atoms with Crippen LogP contribution < -0.4 is 10.1 Å². The molecule has 2 amide bonds. The zero-order valence-electron chi connectivity index (χ0n) is 21.1. The molecule has 8 nitrogen and oxygen atoms in total. The van der Waals surface area contributed by atoms with E-state index < -0.39 is 18.1 Å². The summed E-state index contributed by atoms with van der Waals surface area (Å²) in [6.45, 7) is 6.15. The number of aromatic nitrogens is 3. The van der Waals surface area contributed by atoms with E-state index in [0.717, 1.165) is 11.1 Å². The maximum Gasteiger partial charge on any atom is 0.318 e. The number of carbonyl (C=O) groups excluding carboxylic acids is 1. The van der Waals surface area contributed by atoms with Crippen molar-refractivity contribution in [2.45, 2.75) is 64.1 Å². The minimum absolute atomic E-state index is 0.00555. The minimum atomic E-state index is -2.77. The Morgan fingerprint density at radius 2 is 2.19 bits per heavy atom. The largest absolute Gasteiger partial charge is 0.478 e. The first-order chi connectivity index (χ1) is 17.3. The number of rotatable bonds is 8. The molecule has 3 heterocycles. The molecule has 0 saturated carbocycles. The van der Waals surface area contributed by atoms with E-state index in [0.29, 0.717) is 30.2 Å². The third kappa shape index (κ3) is 5.43. The minimum Gasteiger partial charge on any atom is -0.478 e. The average molecular weight is 502 g/mol. The second-order valence-corrected chi connectivity index (χ2v) is 9.06. The predicted molar refractivity (Wildman–Crippen MR) is 132 cm³/mol. The maximum atomic E-state index is 13.9. The molecular formula is C26H33F2N5O3. The number of hydrogen-bond acceptors (Lipinski definition) is 5. The van der Waals surface area contributed by atoms with Gasteiger partial charge in [-0.1, -0.05) is 25.1 Å². The van der Waals surface area contributed by atoms with Crippen molar-refractivity contribution in [3.05, 3.63) is 48.4 Å². The molecule has 10 heteroatoms. The Morgan fingerprint density at radius 1 is 1.39 bits per heavy atom. The van der Waals surface area contributed by atoms with Gasteiger partial charge in [-0.3, -0.25) is 0 Å². The molecular weight excluding hydrogens is 468 g/mol. The van der Waals surface area contributed by atoms with Gasteiger partial charge in [-0.25, -0.2) is 23.5 Å². The predicted octanol–water partition coefficient (Wildman–Crippen LogP) is 5.09. The van der Waals surface area contributed by atoms with Gasteiger partial charge in [0, 0.05) is 43.5 Å². The van der Waals surface area contributed by atoms with Gasteiger partial charge in [0.2, 0.25) is 0 Å². The lowest BCUT2D eigenvalue weighted by atomic mass is 9.97. The third-order valence-electron chi connectivity index (χ3n) is 6.77. The number of nitrogens with zero attached hydrogens (tertiary/aromatic N) is 4. The van der Waals surface area contributed by atoms with E-state index in [-0.39, 0.29) is 31.5 Å². The van der Waals surface area contributed by atoms with Crippen molar-refractivity contribution in [1.82, 2.24) is 24.6 Å². The van der Waals surface area contributed by atoms with Gasteiger partial charge in [-0.2, -0.15) is 0 Å². The molecule has 0 bridgehead atoms. The molecule has 0 radical (unpaired) electrons. The van der Waals surface area contributed by atoms with Gasteiger partial charge in [0.25, 0.3) is 11.8 Å². The van der Waals surface area contributed by atoms with Crippen LogP contribution in [0.1, 0.15) is 51.6 Å². The van der Waals surface area contributed by atoms with Crippen LogP contribution in [0.2, 0.25) is 0 Å². The Labute approximate surface area is 209 Å². The molecule has 194 valence electrons. The van der Waals surface area contributed by atoms with Gasteiger partial charge in [-0.05, 0) is 31.9 Å². The van der Waals surface area contributed by atoms with Crippen LogP contribution in [0.3, 0.4) is 0 Å². The number of ether oxygens (including phenoxy) is 2. The van der Waals surface area contributed by atoms with Crippen LogP contribution in [0.15, 0.2) is 42.9 Å². The lowest BCUT2D eigenvalue weighted by Gasteiger charge is -2.36. The Bertz CT molecular complexity index is 1200. The summed E-state index contributed by atoms with van der Waals surface area (Å²) >= 11 is 0. The first-order valence-corrected chi connectivity index (χ1v) is 12.3. The van der Waals surface area contributed by atoms with Crippen LogP contribution in [-0.2, 0) is 4.74 Å². The van der Waals surface area contributed by atoms with Gasteiger partial charge < -0.3 is 24.1 Å². The molecule has 2 aromatic heterocycles. The third-order valence-corrected chi connectivity index (χ3v) is 6.77. The molecule has 1 N–H and O–H groups in total. The van der Waals surface area contributed by atoms with Crippen molar-refractivity contribution in [2.75, 3.05) is 20.3 Å². The number of hydrogen-bond donors (Lipinski definition) is 1. The summed E-state index contributed by atoms with van der Waals surface area (Å²) in [4.78, 5) is 23.8. The van der Waals surface area contributed by atoms with Crippen LogP contribution >= 0.6 is 0 Å². The molecule has 1 aliphatic heterocycles. The first kappa shape index (κ1) is 25.8. The van der Waals surface area contributed by atoms with Gasteiger partial charge in [0.15, 0.2) is 5.65 Å². The summed E-state index contributed by atoms with van der Waals surface area (Å²) in [7, 11) is 1.56. The van der Waals surface area contributed by atoms with Gasteiger partial charge in [-0.15, -0.1) is 0 Å². The fourth-order valence-electron chi connectivity index (χ4n) is 4.68. The molecule has 3 aromatic rings. The number of halogens is 2. The lowest BCUT2D eigenvalue weighted by molar-refractivity contribution is -0.135. The van der Waals surface area contributed by atoms with E-state index in [4.69, 9.17) is 9.47 Å². The standard InChI is InChI=1S/C26H33F2N5O3/c1-5-20(22-15-26(27,28)10-13-36-22)31-25(34)33(6-2)17(3)18-8-7-9-19(14-18)21-16-32-12-11-29-23(32)24(30-21)35-4/h7-9,11-12,14,16-17,20,22H,5-6,10,13,15H2,1-4H3,(H,31,34). The van der Waals surface area contributed by atoms with Gasteiger partial charge in [0.05, 0.1) is 37.6 Å². The zero-order valence-corrected chi connectivity index (χ0v) is 21.1. The number of nitrogens with one attached hydrogen (secondary N) is 1. The molecule has 1 fully saturated rings. The molecule has 3 unspecified atom stereocenters. The van der Waals surface area contributed by atoms with E-state index in [2.05, 4.69) is 15.3 Å². The van der Waals surface area contributed by atoms with E-state index in [1.165, 1.54) is 0 Å². The second kappa shape index (κ2) is 10.8. The SMILES string of the molecule is CCC(NC(=O)N(CC)C(C)c1cccc(-c2cn3ccnc3c(OC)n2)c1)C1CC(F)(F)CCO1. The van der Waals surface area contributed by atoms with Crippen LogP contribution in [0.5, 0.6) is 5.88 Å². The Morgan fingerprint density at radius 3 is 2.89 bits per heavy atom. The molecule has 1 aliphatic rings. The molecule has 0 spiro atoms. The normalized spacial score (nSPS) is 19.0. The van der Waals surface area contributed by atoms with Crippen LogP contribution in [0.4, 0.5) is 13.6 Å². The van der Waals surface area contributed by atoms with E-state index in [1.807, 2.05) is 61.8 Å². The number of imidazole rings is 1. The molecule has 36 heavy (non-hydrogen) atoms. The number of alkyl halides is 2. The number of fused-ring (bicyclic) bond motifs is 1. The fourth-order valence-corrected chi connectivity index (χ4v) is 4.68. The molecule has 3 atom stereocenters. The molecule has 0 aliphatic carbocycles. The summed E-state index contributed by atoms with van der Waals surface area (Å²) in [6.07, 6.45) is 4.52. The molecule has 4 rings (SSSR count). The quantitative estimate of drug-likeness (QED) is 0.465. The van der Waals surface area contributed by atoms with Crippen LogP contribution in [-0.4, -0.2) is 63.6 Å². The van der Waals surface area contributed by atoms with Crippen molar-refractivity contribution in [2.24, 2.45) is 0 Å². The highest BCUT2D eigenvalue weighted by Gasteiger charge is 2.40. The molecule has 1 aromatic carbocycles. The van der Waals surface area contributed by atoms with E-state index in [9.17, 15) is 13.6 Å². The Hall–Kier alpha value is -3.27. The number of benzene rings is 1. The maximum absolute atomic E-state index is 13.9. The number of carbonyl (C=O) groups is 1. The number of amides is 2. The average Bonchev–Trinajstić information content (AvgIpc) is 3.35.